The maximum absolute atomic E-state index is 13.4. The summed E-state index contributed by atoms with van der Waals surface area (Å²) in [5.41, 5.74) is 3.73. The highest BCUT2D eigenvalue weighted by atomic mass is 19.1. The first-order valence-corrected chi connectivity index (χ1v) is 7.34. The third kappa shape index (κ3) is 6.46. The van der Waals surface area contributed by atoms with E-state index in [1.807, 2.05) is 0 Å². The van der Waals surface area contributed by atoms with E-state index in [4.69, 9.17) is 0 Å². The van der Waals surface area contributed by atoms with Gasteiger partial charge in [0, 0.05) is 18.4 Å². The van der Waals surface area contributed by atoms with E-state index in [1.165, 1.54) is 18.2 Å². The first-order chi connectivity index (χ1) is 10.7. The van der Waals surface area contributed by atoms with E-state index in [0.717, 1.165) is 6.07 Å². The molecule has 0 atom stereocenters. The van der Waals surface area contributed by atoms with Crippen molar-refractivity contribution in [2.45, 2.75) is 33.6 Å². The summed E-state index contributed by atoms with van der Waals surface area (Å²) in [6.07, 6.45) is 0.561. The van der Waals surface area contributed by atoms with Crippen molar-refractivity contribution >= 4 is 17.7 Å². The monoisotopic (exact) mass is 323 g/mol. The van der Waals surface area contributed by atoms with E-state index >= 15 is 0 Å². The van der Waals surface area contributed by atoms with Crippen molar-refractivity contribution in [2.24, 2.45) is 5.41 Å². The molecule has 0 aliphatic carbocycles. The van der Waals surface area contributed by atoms with Gasteiger partial charge in [-0.2, -0.15) is 0 Å². The predicted molar refractivity (Wildman–Crippen MR) is 83.7 cm³/mol. The molecule has 126 valence electrons. The maximum Gasteiger partial charge on any atom is 0.272 e. The largest absolute Gasteiger partial charge is 0.356 e. The Balaban J connectivity index is 2.26. The lowest BCUT2D eigenvalue weighted by atomic mass is 9.96. The van der Waals surface area contributed by atoms with Crippen molar-refractivity contribution in [1.29, 1.82) is 0 Å². The molecule has 0 bridgehead atoms. The molecule has 1 aromatic rings. The number of amides is 3. The quantitative estimate of drug-likeness (QED) is 0.567. The molecule has 1 rings (SSSR count). The summed E-state index contributed by atoms with van der Waals surface area (Å²) in [5.74, 6) is -1.90. The molecular weight excluding hydrogens is 301 g/mol. The number of halogens is 1. The third-order valence-electron chi connectivity index (χ3n) is 2.98. The Morgan fingerprint density at radius 3 is 2.35 bits per heavy atom. The Kier molecular flexibility index (Phi) is 6.68. The molecule has 23 heavy (non-hydrogen) atoms. The van der Waals surface area contributed by atoms with E-state index in [1.54, 1.807) is 20.8 Å². The van der Waals surface area contributed by atoms with E-state index in [2.05, 4.69) is 16.2 Å². The van der Waals surface area contributed by atoms with Gasteiger partial charge in [0.05, 0.1) is 5.56 Å². The van der Waals surface area contributed by atoms with Crippen molar-refractivity contribution < 1.29 is 18.8 Å². The average molecular weight is 323 g/mol. The van der Waals surface area contributed by atoms with Crippen LogP contribution in [0.1, 0.15) is 44.0 Å². The third-order valence-corrected chi connectivity index (χ3v) is 2.98. The zero-order valence-corrected chi connectivity index (χ0v) is 13.5. The molecule has 1 aromatic carbocycles. The molecule has 0 aliphatic heterocycles. The Labute approximate surface area is 134 Å². The fourth-order valence-electron chi connectivity index (χ4n) is 1.62. The van der Waals surface area contributed by atoms with Gasteiger partial charge in [-0.15, -0.1) is 0 Å². The lowest BCUT2D eigenvalue weighted by molar-refractivity contribution is -0.128. The summed E-state index contributed by atoms with van der Waals surface area (Å²) < 4.78 is 13.4. The standard InChI is InChI=1S/C16H22FN3O3/c1-16(2,3)15(23)18-10-6-9-13(21)19-20-14(22)11-7-4-5-8-12(11)17/h4-5,7-8H,6,9-10H2,1-3H3,(H,18,23)(H,19,21)(H,20,22). The van der Waals surface area contributed by atoms with Gasteiger partial charge in [-0.1, -0.05) is 32.9 Å². The maximum atomic E-state index is 13.4. The van der Waals surface area contributed by atoms with Gasteiger partial charge in [-0.25, -0.2) is 4.39 Å². The fourth-order valence-corrected chi connectivity index (χ4v) is 1.62. The van der Waals surface area contributed by atoms with Crippen LogP contribution < -0.4 is 16.2 Å². The molecule has 6 nitrogen and oxygen atoms in total. The number of benzene rings is 1. The summed E-state index contributed by atoms with van der Waals surface area (Å²) in [6, 6.07) is 5.47. The van der Waals surface area contributed by atoms with Crippen molar-refractivity contribution in [2.75, 3.05) is 6.54 Å². The Hall–Kier alpha value is -2.44. The first-order valence-electron chi connectivity index (χ1n) is 7.34. The summed E-state index contributed by atoms with van der Waals surface area (Å²) in [5, 5.41) is 2.72. The molecule has 0 radical (unpaired) electrons. The molecule has 0 aliphatic rings. The Morgan fingerprint density at radius 1 is 1.09 bits per heavy atom. The summed E-state index contributed by atoms with van der Waals surface area (Å²) in [6.45, 7) is 5.76. The topological polar surface area (TPSA) is 87.3 Å². The molecule has 0 unspecified atom stereocenters. The molecule has 0 spiro atoms. The minimum atomic E-state index is -0.725. The number of hydrogen-bond donors (Lipinski definition) is 3. The molecular formula is C16H22FN3O3. The highest BCUT2D eigenvalue weighted by molar-refractivity contribution is 5.95. The number of hydrogen-bond acceptors (Lipinski definition) is 3. The minimum Gasteiger partial charge on any atom is -0.356 e. The van der Waals surface area contributed by atoms with Gasteiger partial charge in [0.15, 0.2) is 0 Å². The van der Waals surface area contributed by atoms with Gasteiger partial charge in [-0.05, 0) is 18.6 Å². The SMILES string of the molecule is CC(C)(C)C(=O)NCCCC(=O)NNC(=O)c1ccccc1F. The van der Waals surface area contributed by atoms with Gasteiger partial charge in [0.2, 0.25) is 11.8 Å². The van der Waals surface area contributed by atoms with Crippen LogP contribution in [0.15, 0.2) is 24.3 Å². The van der Waals surface area contributed by atoms with Gasteiger partial charge in [-0.3, -0.25) is 25.2 Å². The second-order valence-electron chi connectivity index (χ2n) is 6.09. The fraction of sp³-hybridized carbons (Fsp3) is 0.438. The average Bonchev–Trinajstić information content (AvgIpc) is 2.48. The number of carbonyl (C=O) groups is 3. The number of hydrazine groups is 1. The number of nitrogens with one attached hydrogen (secondary N) is 3. The summed E-state index contributed by atoms with van der Waals surface area (Å²) in [7, 11) is 0. The smallest absolute Gasteiger partial charge is 0.272 e. The number of carbonyl (C=O) groups excluding carboxylic acids is 3. The first kappa shape index (κ1) is 18.6. The number of rotatable bonds is 5. The van der Waals surface area contributed by atoms with Crippen molar-refractivity contribution in [1.82, 2.24) is 16.2 Å². The van der Waals surface area contributed by atoms with Crippen molar-refractivity contribution in [3.05, 3.63) is 35.6 Å². The second-order valence-corrected chi connectivity index (χ2v) is 6.09. The Bertz CT molecular complexity index is 582. The van der Waals surface area contributed by atoms with Crippen LogP contribution in [-0.2, 0) is 9.59 Å². The van der Waals surface area contributed by atoms with Gasteiger partial charge in [0.1, 0.15) is 5.82 Å². The Morgan fingerprint density at radius 2 is 1.74 bits per heavy atom. The lowest BCUT2D eigenvalue weighted by Crippen LogP contribution is -2.42. The minimum absolute atomic E-state index is 0.0919. The van der Waals surface area contributed by atoms with Crippen molar-refractivity contribution in [3.63, 3.8) is 0 Å². The van der Waals surface area contributed by atoms with Crippen LogP contribution in [0, 0.1) is 11.2 Å². The molecule has 0 aromatic heterocycles. The van der Waals surface area contributed by atoms with Crippen LogP contribution in [0.4, 0.5) is 4.39 Å². The van der Waals surface area contributed by atoms with Crippen LogP contribution in [0.3, 0.4) is 0 Å². The molecule has 0 saturated carbocycles. The predicted octanol–water partition coefficient (Wildman–Crippen LogP) is 1.53. The van der Waals surface area contributed by atoms with E-state index in [-0.39, 0.29) is 17.9 Å². The van der Waals surface area contributed by atoms with Crippen LogP contribution in [0.5, 0.6) is 0 Å². The molecule has 3 N–H and O–H groups in total. The van der Waals surface area contributed by atoms with Crippen LogP contribution in [0.2, 0.25) is 0 Å². The van der Waals surface area contributed by atoms with Crippen molar-refractivity contribution in [3.8, 4) is 0 Å². The van der Waals surface area contributed by atoms with Crippen LogP contribution in [-0.4, -0.2) is 24.3 Å². The molecule has 0 saturated heterocycles. The highest BCUT2D eigenvalue weighted by Gasteiger charge is 2.20. The van der Waals surface area contributed by atoms with Gasteiger partial charge >= 0.3 is 0 Å². The molecule has 3 amide bonds. The highest BCUT2D eigenvalue weighted by Crippen LogP contribution is 2.12. The van der Waals surface area contributed by atoms with Gasteiger partial charge in [0.25, 0.3) is 5.91 Å². The lowest BCUT2D eigenvalue weighted by Gasteiger charge is -2.17. The second kappa shape index (κ2) is 8.26. The normalized spacial score (nSPS) is 10.8. The molecule has 7 heteroatoms. The molecule has 0 fully saturated rings. The van der Waals surface area contributed by atoms with E-state index in [0.29, 0.717) is 13.0 Å². The van der Waals surface area contributed by atoms with Crippen LogP contribution in [0.25, 0.3) is 0 Å². The van der Waals surface area contributed by atoms with E-state index in [9.17, 15) is 18.8 Å². The van der Waals surface area contributed by atoms with E-state index < -0.39 is 23.0 Å². The zero-order chi connectivity index (χ0) is 17.5. The van der Waals surface area contributed by atoms with Gasteiger partial charge < -0.3 is 5.32 Å². The zero-order valence-electron chi connectivity index (χ0n) is 13.5. The summed E-state index contributed by atoms with van der Waals surface area (Å²) >= 11 is 0. The molecule has 0 heterocycles. The summed E-state index contributed by atoms with van der Waals surface area (Å²) in [4.78, 5) is 34.9. The van der Waals surface area contributed by atoms with Crippen LogP contribution >= 0.6 is 0 Å².